The lowest BCUT2D eigenvalue weighted by molar-refractivity contribution is 0.128. The molecule has 1 aliphatic heterocycles. The van der Waals surface area contributed by atoms with Crippen molar-refractivity contribution in [2.45, 2.75) is 46.3 Å². The van der Waals surface area contributed by atoms with Crippen molar-refractivity contribution in [3.8, 4) is 6.01 Å². The first kappa shape index (κ1) is 16.2. The molecule has 1 aromatic heterocycles. The second kappa shape index (κ2) is 6.32. The molecule has 0 aliphatic carbocycles. The Labute approximate surface area is 131 Å². The molecule has 0 bridgehead atoms. The maximum Gasteiger partial charge on any atom is 0.322 e. The first-order chi connectivity index (χ1) is 9.75. The number of hydrogen-bond acceptors (Lipinski definition) is 6. The number of halogens is 1. The van der Waals surface area contributed by atoms with Gasteiger partial charge in [0.15, 0.2) is 0 Å². The molecule has 0 unspecified atom stereocenters. The highest BCUT2D eigenvalue weighted by Gasteiger charge is 2.27. The minimum Gasteiger partial charge on any atom is -0.461 e. The molecule has 2 rings (SSSR count). The quantitative estimate of drug-likeness (QED) is 0.853. The van der Waals surface area contributed by atoms with Crippen LogP contribution in [-0.4, -0.2) is 57.7 Å². The van der Waals surface area contributed by atoms with Gasteiger partial charge in [-0.15, -0.1) is 0 Å². The lowest BCUT2D eigenvalue weighted by atomic mass is 10.1. The van der Waals surface area contributed by atoms with Gasteiger partial charge >= 0.3 is 6.01 Å². The van der Waals surface area contributed by atoms with E-state index >= 15 is 0 Å². The van der Waals surface area contributed by atoms with Gasteiger partial charge in [-0.25, -0.2) is 0 Å². The molecule has 21 heavy (non-hydrogen) atoms. The molecule has 7 heteroatoms. The fraction of sp³-hybridized carbons (Fsp3) is 0.786. The van der Waals surface area contributed by atoms with Crippen molar-refractivity contribution in [1.29, 1.82) is 0 Å². The molecule has 0 aromatic carbocycles. The van der Waals surface area contributed by atoms with E-state index < -0.39 is 0 Å². The van der Waals surface area contributed by atoms with Crippen LogP contribution >= 0.6 is 11.6 Å². The monoisotopic (exact) mass is 313 g/mol. The number of nitrogens with zero attached hydrogens (tertiary/aromatic N) is 5. The largest absolute Gasteiger partial charge is 0.461 e. The topological polar surface area (TPSA) is 54.4 Å². The van der Waals surface area contributed by atoms with E-state index in [2.05, 4.69) is 45.5 Å². The normalized spacial score (nSPS) is 17.4. The Hall–Kier alpha value is -1.14. The molecule has 0 N–H and O–H groups in total. The minimum atomic E-state index is 0.00838. The van der Waals surface area contributed by atoms with Gasteiger partial charge in [-0.1, -0.05) is 0 Å². The van der Waals surface area contributed by atoms with Gasteiger partial charge in [-0.2, -0.15) is 15.0 Å². The van der Waals surface area contributed by atoms with Crippen molar-refractivity contribution < 1.29 is 4.74 Å². The van der Waals surface area contributed by atoms with E-state index in [1.54, 1.807) is 0 Å². The fourth-order valence-corrected chi connectivity index (χ4v) is 2.45. The van der Waals surface area contributed by atoms with Gasteiger partial charge in [0.25, 0.3) is 0 Å². The molecule has 0 spiro atoms. The Morgan fingerprint density at radius 3 is 2.19 bits per heavy atom. The van der Waals surface area contributed by atoms with E-state index in [-0.39, 0.29) is 16.9 Å². The number of hydrogen-bond donors (Lipinski definition) is 0. The van der Waals surface area contributed by atoms with E-state index in [9.17, 15) is 0 Å². The van der Waals surface area contributed by atoms with Gasteiger partial charge in [0.05, 0.1) is 6.10 Å². The molecular weight excluding hydrogens is 290 g/mol. The Morgan fingerprint density at radius 1 is 1.05 bits per heavy atom. The van der Waals surface area contributed by atoms with Crippen molar-refractivity contribution >= 4 is 17.5 Å². The van der Waals surface area contributed by atoms with E-state index in [1.165, 1.54) is 0 Å². The number of ether oxygens (including phenoxy) is 1. The van der Waals surface area contributed by atoms with Crippen LogP contribution in [0.4, 0.5) is 5.95 Å². The fourth-order valence-electron chi connectivity index (χ4n) is 2.30. The third-order valence-corrected chi connectivity index (χ3v) is 3.60. The lowest BCUT2D eigenvalue weighted by Crippen LogP contribution is -2.53. The van der Waals surface area contributed by atoms with Crippen molar-refractivity contribution in [3.05, 3.63) is 5.28 Å². The van der Waals surface area contributed by atoms with E-state index in [0.29, 0.717) is 12.0 Å². The molecule has 0 radical (unpaired) electrons. The standard InChI is InChI=1S/C14H24ClN5O/c1-10(2)21-13-17-11(15)16-12(18-13)19-6-8-20(9-7-19)14(3,4)5/h10H,6-9H2,1-5H3. The molecule has 0 amide bonds. The van der Waals surface area contributed by atoms with Gasteiger partial charge in [-0.05, 0) is 46.2 Å². The molecule has 1 fully saturated rings. The van der Waals surface area contributed by atoms with Crippen LogP contribution in [-0.2, 0) is 0 Å². The molecule has 118 valence electrons. The van der Waals surface area contributed by atoms with E-state index in [4.69, 9.17) is 16.3 Å². The van der Waals surface area contributed by atoms with Gasteiger partial charge in [-0.3, -0.25) is 4.90 Å². The SMILES string of the molecule is CC(C)Oc1nc(Cl)nc(N2CCN(C(C)(C)C)CC2)n1. The molecule has 2 heterocycles. The summed E-state index contributed by atoms with van der Waals surface area (Å²) in [5.41, 5.74) is 0.189. The molecule has 6 nitrogen and oxygen atoms in total. The summed E-state index contributed by atoms with van der Waals surface area (Å²) in [7, 11) is 0. The molecule has 1 saturated heterocycles. The summed E-state index contributed by atoms with van der Waals surface area (Å²) in [6.45, 7) is 14.3. The zero-order valence-corrected chi connectivity index (χ0v) is 14.2. The molecule has 1 aromatic rings. The summed E-state index contributed by atoms with van der Waals surface area (Å²) in [6, 6.07) is 0.290. The summed E-state index contributed by atoms with van der Waals surface area (Å²) in [6.07, 6.45) is 0.00838. The second-order valence-corrected chi connectivity index (χ2v) is 6.84. The zero-order chi connectivity index (χ0) is 15.6. The van der Waals surface area contributed by atoms with E-state index in [1.807, 2.05) is 13.8 Å². The van der Waals surface area contributed by atoms with Gasteiger partial charge in [0.2, 0.25) is 11.2 Å². The Bertz CT molecular complexity index is 481. The predicted molar refractivity (Wildman–Crippen MR) is 84.1 cm³/mol. The van der Waals surface area contributed by atoms with Crippen molar-refractivity contribution in [2.24, 2.45) is 0 Å². The van der Waals surface area contributed by atoms with Gasteiger partial charge in [0.1, 0.15) is 0 Å². The average Bonchev–Trinajstić information content (AvgIpc) is 2.36. The number of rotatable bonds is 3. The number of aromatic nitrogens is 3. The summed E-state index contributed by atoms with van der Waals surface area (Å²) >= 11 is 5.97. The Kier molecular flexibility index (Phi) is 4.88. The predicted octanol–water partition coefficient (Wildman–Crippen LogP) is 2.23. The maximum atomic E-state index is 5.97. The molecule has 1 aliphatic rings. The smallest absolute Gasteiger partial charge is 0.322 e. The third kappa shape index (κ3) is 4.41. The summed E-state index contributed by atoms with van der Waals surface area (Å²) in [5, 5.41) is 0.175. The summed E-state index contributed by atoms with van der Waals surface area (Å²) < 4.78 is 5.52. The first-order valence-electron chi connectivity index (χ1n) is 7.34. The van der Waals surface area contributed by atoms with Crippen molar-refractivity contribution in [2.75, 3.05) is 31.1 Å². The molecule has 0 atom stereocenters. The highest BCUT2D eigenvalue weighted by Crippen LogP contribution is 2.20. The van der Waals surface area contributed by atoms with Crippen LogP contribution < -0.4 is 9.64 Å². The third-order valence-electron chi connectivity index (χ3n) is 3.43. The van der Waals surface area contributed by atoms with E-state index in [0.717, 1.165) is 26.2 Å². The van der Waals surface area contributed by atoms with Crippen LogP contribution in [0.5, 0.6) is 6.01 Å². The Balaban J connectivity index is 2.08. The van der Waals surface area contributed by atoms with Gasteiger partial charge < -0.3 is 9.64 Å². The highest BCUT2D eigenvalue weighted by atomic mass is 35.5. The van der Waals surface area contributed by atoms with Crippen LogP contribution in [0.1, 0.15) is 34.6 Å². The maximum absolute atomic E-state index is 5.97. The molecule has 0 saturated carbocycles. The van der Waals surface area contributed by atoms with Crippen LogP contribution in [0.15, 0.2) is 0 Å². The van der Waals surface area contributed by atoms with Crippen molar-refractivity contribution in [1.82, 2.24) is 19.9 Å². The van der Waals surface area contributed by atoms with Crippen LogP contribution in [0, 0.1) is 0 Å². The van der Waals surface area contributed by atoms with Crippen LogP contribution in [0.25, 0.3) is 0 Å². The molecular formula is C14H24ClN5O. The summed E-state index contributed by atoms with van der Waals surface area (Å²) in [4.78, 5) is 17.2. The number of piperazine rings is 1. The lowest BCUT2D eigenvalue weighted by Gasteiger charge is -2.42. The highest BCUT2D eigenvalue weighted by molar-refractivity contribution is 6.28. The second-order valence-electron chi connectivity index (χ2n) is 6.50. The average molecular weight is 314 g/mol. The Morgan fingerprint density at radius 2 is 1.67 bits per heavy atom. The minimum absolute atomic E-state index is 0.00838. The van der Waals surface area contributed by atoms with Gasteiger partial charge in [0, 0.05) is 31.7 Å². The first-order valence-corrected chi connectivity index (χ1v) is 7.72. The number of anilines is 1. The van der Waals surface area contributed by atoms with Crippen molar-refractivity contribution in [3.63, 3.8) is 0 Å². The zero-order valence-electron chi connectivity index (χ0n) is 13.4. The summed E-state index contributed by atoms with van der Waals surface area (Å²) in [5.74, 6) is 0.596. The van der Waals surface area contributed by atoms with Crippen LogP contribution in [0.3, 0.4) is 0 Å². The van der Waals surface area contributed by atoms with Crippen LogP contribution in [0.2, 0.25) is 5.28 Å².